The summed E-state index contributed by atoms with van der Waals surface area (Å²) in [6.45, 7) is 2.32. The third-order valence-corrected chi connectivity index (χ3v) is 5.15. The zero-order chi connectivity index (χ0) is 13.3. The molecule has 0 unspecified atom stereocenters. The second-order valence-electron chi connectivity index (χ2n) is 6.69. The zero-order valence-corrected chi connectivity index (χ0v) is 12.0. The highest BCUT2D eigenvalue weighted by Crippen LogP contribution is 2.38. The molecule has 2 aliphatic carbocycles. The van der Waals surface area contributed by atoms with E-state index in [4.69, 9.17) is 5.73 Å². The average molecular weight is 262 g/mol. The largest absolute Gasteiger partial charge is 0.319 e. The molecule has 3 rings (SSSR count). The molecule has 1 aromatic rings. The third kappa shape index (κ3) is 2.55. The first-order valence-electron chi connectivity index (χ1n) is 7.88. The lowest BCUT2D eigenvalue weighted by Crippen LogP contribution is -2.43. The Morgan fingerprint density at radius 1 is 1.16 bits per heavy atom. The molecule has 0 aromatic carbocycles. The predicted octanol–water partition coefficient (Wildman–Crippen LogP) is 3.15. The van der Waals surface area contributed by atoms with Crippen LogP contribution in [-0.2, 0) is 5.54 Å². The fourth-order valence-electron chi connectivity index (χ4n) is 3.73. The van der Waals surface area contributed by atoms with E-state index in [1.54, 1.807) is 0 Å². The van der Waals surface area contributed by atoms with E-state index in [0.29, 0.717) is 6.04 Å². The van der Waals surface area contributed by atoms with Crippen LogP contribution in [0.4, 0.5) is 0 Å². The van der Waals surface area contributed by atoms with Crippen molar-refractivity contribution in [3.05, 3.63) is 12.2 Å². The summed E-state index contributed by atoms with van der Waals surface area (Å²) in [5.74, 6) is 1.86. The van der Waals surface area contributed by atoms with Crippen LogP contribution in [0.5, 0.6) is 0 Å². The van der Waals surface area contributed by atoms with Crippen LogP contribution in [0.2, 0.25) is 0 Å². The quantitative estimate of drug-likeness (QED) is 0.890. The lowest BCUT2D eigenvalue weighted by atomic mass is 9.77. The van der Waals surface area contributed by atoms with E-state index in [2.05, 4.69) is 21.7 Å². The molecule has 2 fully saturated rings. The number of hydrogen-bond donors (Lipinski definition) is 1. The molecule has 106 valence electrons. The number of rotatable bonds is 2. The minimum atomic E-state index is -0.236. The minimum Gasteiger partial charge on any atom is -0.319 e. The number of nitrogens with zero attached hydrogens (tertiary/aromatic N) is 3. The second-order valence-corrected chi connectivity index (χ2v) is 6.69. The fourth-order valence-corrected chi connectivity index (χ4v) is 3.73. The molecule has 0 atom stereocenters. The van der Waals surface area contributed by atoms with Crippen molar-refractivity contribution < 1.29 is 0 Å². The third-order valence-electron chi connectivity index (χ3n) is 5.15. The monoisotopic (exact) mass is 262 g/mol. The molecule has 0 radical (unpaired) electrons. The van der Waals surface area contributed by atoms with Crippen LogP contribution in [0.25, 0.3) is 0 Å². The summed E-state index contributed by atoms with van der Waals surface area (Å²) in [6.07, 6.45) is 13.0. The predicted molar refractivity (Wildman–Crippen MR) is 75.6 cm³/mol. The van der Waals surface area contributed by atoms with Gasteiger partial charge in [-0.3, -0.25) is 0 Å². The molecule has 2 saturated carbocycles. The highest BCUT2D eigenvalue weighted by Gasteiger charge is 2.37. The van der Waals surface area contributed by atoms with Gasteiger partial charge >= 0.3 is 0 Å². The Morgan fingerprint density at radius 3 is 2.53 bits per heavy atom. The van der Waals surface area contributed by atoms with Crippen molar-refractivity contribution in [2.24, 2.45) is 11.7 Å². The molecule has 0 aliphatic heterocycles. The van der Waals surface area contributed by atoms with Gasteiger partial charge in [-0.25, -0.2) is 0 Å². The van der Waals surface area contributed by atoms with Crippen LogP contribution >= 0.6 is 0 Å². The maximum absolute atomic E-state index is 6.67. The molecule has 4 nitrogen and oxygen atoms in total. The molecule has 2 N–H and O–H groups in total. The Morgan fingerprint density at radius 2 is 1.84 bits per heavy atom. The van der Waals surface area contributed by atoms with Crippen molar-refractivity contribution in [2.45, 2.75) is 76.3 Å². The summed E-state index contributed by atoms with van der Waals surface area (Å²) >= 11 is 0. The summed E-state index contributed by atoms with van der Waals surface area (Å²) in [5, 5.41) is 8.57. The first-order chi connectivity index (χ1) is 9.19. The van der Waals surface area contributed by atoms with Crippen molar-refractivity contribution in [1.29, 1.82) is 0 Å². The van der Waals surface area contributed by atoms with Crippen molar-refractivity contribution in [3.8, 4) is 0 Å². The van der Waals surface area contributed by atoms with Crippen LogP contribution in [0, 0.1) is 5.92 Å². The number of aromatic nitrogens is 3. The van der Waals surface area contributed by atoms with Gasteiger partial charge in [0.25, 0.3) is 0 Å². The van der Waals surface area contributed by atoms with E-state index < -0.39 is 0 Å². The molecule has 4 heteroatoms. The Bertz CT molecular complexity index is 412. The summed E-state index contributed by atoms with van der Waals surface area (Å²) < 4.78 is 2.30. The Labute approximate surface area is 115 Å². The van der Waals surface area contributed by atoms with Crippen molar-refractivity contribution in [3.63, 3.8) is 0 Å². The van der Waals surface area contributed by atoms with Gasteiger partial charge in [-0.2, -0.15) is 0 Å². The normalized spacial score (nSPS) is 33.5. The second kappa shape index (κ2) is 5.23. The molecule has 2 aliphatic rings. The Hall–Kier alpha value is -0.900. The summed E-state index contributed by atoms with van der Waals surface area (Å²) in [7, 11) is 0. The standard InChI is InChI=1S/C15H26N4/c1-12-7-9-15(16,10-8-12)14-18-17-11-19(14)13-5-3-2-4-6-13/h11-13H,2-10,16H2,1H3. The van der Waals surface area contributed by atoms with Crippen molar-refractivity contribution in [1.82, 2.24) is 14.8 Å². The smallest absolute Gasteiger partial charge is 0.153 e. The van der Waals surface area contributed by atoms with Gasteiger partial charge in [0.2, 0.25) is 0 Å². The van der Waals surface area contributed by atoms with E-state index in [1.807, 2.05) is 6.33 Å². The van der Waals surface area contributed by atoms with Gasteiger partial charge in [-0.1, -0.05) is 26.2 Å². The van der Waals surface area contributed by atoms with E-state index >= 15 is 0 Å². The lowest BCUT2D eigenvalue weighted by molar-refractivity contribution is 0.220. The molecular weight excluding hydrogens is 236 g/mol. The molecule has 0 spiro atoms. The van der Waals surface area contributed by atoms with E-state index in [-0.39, 0.29) is 5.54 Å². The van der Waals surface area contributed by atoms with Gasteiger partial charge in [-0.05, 0) is 44.4 Å². The van der Waals surface area contributed by atoms with Gasteiger partial charge in [0.05, 0.1) is 5.54 Å². The van der Waals surface area contributed by atoms with E-state index in [9.17, 15) is 0 Å². The van der Waals surface area contributed by atoms with Crippen LogP contribution in [0.15, 0.2) is 6.33 Å². The highest BCUT2D eigenvalue weighted by molar-refractivity contribution is 5.08. The van der Waals surface area contributed by atoms with Gasteiger partial charge in [0, 0.05) is 6.04 Å². The summed E-state index contributed by atoms with van der Waals surface area (Å²) in [6, 6.07) is 0.582. The van der Waals surface area contributed by atoms with Crippen LogP contribution < -0.4 is 5.73 Å². The first kappa shape index (κ1) is 13.1. The molecular formula is C15H26N4. The maximum Gasteiger partial charge on any atom is 0.153 e. The van der Waals surface area contributed by atoms with Crippen LogP contribution in [0.3, 0.4) is 0 Å². The van der Waals surface area contributed by atoms with Gasteiger partial charge < -0.3 is 10.3 Å². The zero-order valence-electron chi connectivity index (χ0n) is 12.0. The lowest BCUT2D eigenvalue weighted by Gasteiger charge is -2.37. The molecule has 0 bridgehead atoms. The number of hydrogen-bond acceptors (Lipinski definition) is 3. The first-order valence-corrected chi connectivity index (χ1v) is 7.88. The van der Waals surface area contributed by atoms with Crippen molar-refractivity contribution >= 4 is 0 Å². The fraction of sp³-hybridized carbons (Fsp3) is 0.867. The van der Waals surface area contributed by atoms with Gasteiger partial charge in [-0.15, -0.1) is 10.2 Å². The van der Waals surface area contributed by atoms with Crippen molar-refractivity contribution in [2.75, 3.05) is 0 Å². The molecule has 0 amide bonds. The van der Waals surface area contributed by atoms with Crippen LogP contribution in [-0.4, -0.2) is 14.8 Å². The summed E-state index contributed by atoms with van der Waals surface area (Å²) in [5.41, 5.74) is 6.44. The molecule has 1 aromatic heterocycles. The van der Waals surface area contributed by atoms with E-state index in [1.165, 1.54) is 44.9 Å². The minimum absolute atomic E-state index is 0.236. The number of nitrogens with two attached hydrogens (primary N) is 1. The Balaban J connectivity index is 1.82. The molecule has 19 heavy (non-hydrogen) atoms. The maximum atomic E-state index is 6.67. The Kier molecular flexibility index (Phi) is 3.61. The topological polar surface area (TPSA) is 56.7 Å². The SMILES string of the molecule is CC1CCC(N)(c2nncn2C2CCCCC2)CC1. The van der Waals surface area contributed by atoms with Crippen LogP contribution in [0.1, 0.15) is 76.6 Å². The average Bonchev–Trinajstić information content (AvgIpc) is 2.93. The highest BCUT2D eigenvalue weighted by atomic mass is 15.3. The molecule has 0 saturated heterocycles. The molecule has 1 heterocycles. The summed E-state index contributed by atoms with van der Waals surface area (Å²) in [4.78, 5) is 0. The van der Waals surface area contributed by atoms with Gasteiger partial charge in [0.15, 0.2) is 5.82 Å². The van der Waals surface area contributed by atoms with Gasteiger partial charge in [0.1, 0.15) is 6.33 Å². The van der Waals surface area contributed by atoms with E-state index in [0.717, 1.165) is 24.6 Å².